The zero-order chi connectivity index (χ0) is 18.5. The molecule has 0 spiro atoms. The van der Waals surface area contributed by atoms with E-state index in [-0.39, 0.29) is 5.41 Å². The first-order chi connectivity index (χ1) is 12.4. The van der Waals surface area contributed by atoms with Crippen LogP contribution in [-0.2, 0) is 5.41 Å². The van der Waals surface area contributed by atoms with Gasteiger partial charge >= 0.3 is 0 Å². The molecule has 1 aliphatic rings. The van der Waals surface area contributed by atoms with Crippen molar-refractivity contribution in [3.8, 4) is 11.1 Å². The highest BCUT2D eigenvalue weighted by Crippen LogP contribution is 2.56. The molecule has 3 aromatic rings. The first-order valence-corrected chi connectivity index (χ1v) is 9.85. The number of hydrogen-bond donors (Lipinski definition) is 0. The first-order valence-electron chi connectivity index (χ1n) is 9.05. The molecule has 0 saturated heterocycles. The Balaban J connectivity index is 2.17. The fourth-order valence-corrected chi connectivity index (χ4v) is 4.92. The number of hydrogen-bond acceptors (Lipinski definition) is 0. The van der Waals surface area contributed by atoms with E-state index in [1.807, 2.05) is 0 Å². The molecule has 1 aliphatic carbocycles. The first kappa shape index (κ1) is 17.3. The van der Waals surface area contributed by atoms with Crippen molar-refractivity contribution in [1.29, 1.82) is 0 Å². The minimum Gasteiger partial charge on any atom is -0.100 e. The van der Waals surface area contributed by atoms with Crippen molar-refractivity contribution in [3.05, 3.63) is 105 Å². The highest BCUT2D eigenvalue weighted by molar-refractivity contribution is 9.10. The van der Waals surface area contributed by atoms with Crippen molar-refractivity contribution in [3.63, 3.8) is 0 Å². The van der Waals surface area contributed by atoms with Crippen LogP contribution in [0.2, 0.25) is 0 Å². The summed E-state index contributed by atoms with van der Waals surface area (Å²) in [7, 11) is 0. The lowest BCUT2D eigenvalue weighted by molar-refractivity contribution is 0.621. The molecule has 0 fully saturated rings. The molecule has 130 valence electrons. The summed E-state index contributed by atoms with van der Waals surface area (Å²) in [5, 5.41) is 0. The minimum atomic E-state index is -0.183. The second-order valence-electron chi connectivity index (χ2n) is 7.59. The van der Waals surface area contributed by atoms with E-state index in [4.69, 9.17) is 0 Å². The number of allylic oxidation sites excluding steroid dienone is 1. The van der Waals surface area contributed by atoms with Crippen molar-refractivity contribution in [2.45, 2.75) is 32.6 Å². The number of fused-ring (bicyclic) bond motifs is 3. The third kappa shape index (κ3) is 2.49. The van der Waals surface area contributed by atoms with Gasteiger partial charge in [0, 0.05) is 4.47 Å². The number of aryl methyl sites for hydroxylation is 2. The van der Waals surface area contributed by atoms with Gasteiger partial charge in [-0.3, -0.25) is 0 Å². The third-order valence-corrected chi connectivity index (χ3v) is 6.03. The number of halogens is 1. The summed E-state index contributed by atoms with van der Waals surface area (Å²) >= 11 is 3.71. The molecule has 1 atom stereocenters. The summed E-state index contributed by atoms with van der Waals surface area (Å²) in [6.07, 6.45) is 0.914. The average Bonchev–Trinajstić information content (AvgIpc) is 2.87. The summed E-state index contributed by atoms with van der Waals surface area (Å²) in [4.78, 5) is 0. The molecule has 0 amide bonds. The normalized spacial score (nSPS) is 17.7. The van der Waals surface area contributed by atoms with E-state index in [0.29, 0.717) is 0 Å². The van der Waals surface area contributed by atoms with Crippen LogP contribution in [0, 0.1) is 13.8 Å². The summed E-state index contributed by atoms with van der Waals surface area (Å²) in [5.74, 6) is 0. The topological polar surface area (TPSA) is 0 Å². The second kappa shape index (κ2) is 6.25. The zero-order valence-corrected chi connectivity index (χ0v) is 17.2. The van der Waals surface area contributed by atoms with Gasteiger partial charge in [0.25, 0.3) is 0 Å². The van der Waals surface area contributed by atoms with Gasteiger partial charge in [-0.05, 0) is 72.7 Å². The minimum absolute atomic E-state index is 0.183. The standard InChI is InChI=1S/C25H23Br/c1-16(2)15-25(23-13-17(3)9-10-18(23)4)22-8-6-5-7-20(22)21-12-11-19(26)14-24(21)25/h5-14H,1,15H2,2-4H3. The van der Waals surface area contributed by atoms with Crippen LogP contribution in [0.5, 0.6) is 0 Å². The van der Waals surface area contributed by atoms with Crippen LogP contribution < -0.4 is 0 Å². The van der Waals surface area contributed by atoms with Gasteiger partial charge < -0.3 is 0 Å². The zero-order valence-electron chi connectivity index (χ0n) is 15.6. The number of benzene rings is 3. The van der Waals surface area contributed by atoms with Crippen LogP contribution in [0.25, 0.3) is 11.1 Å². The maximum Gasteiger partial charge on any atom is 0.0503 e. The predicted molar refractivity (Wildman–Crippen MR) is 115 cm³/mol. The van der Waals surface area contributed by atoms with Crippen molar-refractivity contribution >= 4 is 15.9 Å². The quantitative estimate of drug-likeness (QED) is 0.401. The summed E-state index contributed by atoms with van der Waals surface area (Å²) in [6, 6.07) is 22.4. The van der Waals surface area contributed by atoms with Gasteiger partial charge in [-0.1, -0.05) is 75.6 Å². The third-order valence-electron chi connectivity index (χ3n) is 5.54. The molecule has 0 bridgehead atoms. The molecular weight excluding hydrogens is 380 g/mol. The Labute approximate surface area is 164 Å². The smallest absolute Gasteiger partial charge is 0.0503 e. The van der Waals surface area contributed by atoms with Crippen LogP contribution in [0.15, 0.2) is 77.3 Å². The lowest BCUT2D eigenvalue weighted by atomic mass is 9.67. The van der Waals surface area contributed by atoms with Crippen LogP contribution in [0.3, 0.4) is 0 Å². The Kier molecular flexibility index (Phi) is 4.16. The van der Waals surface area contributed by atoms with Gasteiger partial charge in [-0.2, -0.15) is 0 Å². The summed E-state index contributed by atoms with van der Waals surface area (Å²) in [5.41, 5.74) is 10.5. The molecule has 0 radical (unpaired) electrons. The maximum absolute atomic E-state index is 4.30. The van der Waals surface area contributed by atoms with Crippen molar-refractivity contribution in [2.24, 2.45) is 0 Å². The van der Waals surface area contributed by atoms with E-state index in [0.717, 1.165) is 10.9 Å². The van der Waals surface area contributed by atoms with E-state index in [1.54, 1.807) is 0 Å². The molecular formula is C25H23Br. The SMILES string of the molecule is C=C(C)CC1(c2cc(C)ccc2C)c2ccccc2-c2ccc(Br)cc21. The highest BCUT2D eigenvalue weighted by atomic mass is 79.9. The second-order valence-corrected chi connectivity index (χ2v) is 8.51. The highest BCUT2D eigenvalue weighted by Gasteiger charge is 2.45. The molecule has 1 unspecified atom stereocenters. The van der Waals surface area contributed by atoms with E-state index >= 15 is 0 Å². The van der Waals surface area contributed by atoms with Gasteiger partial charge in [0.2, 0.25) is 0 Å². The van der Waals surface area contributed by atoms with Gasteiger partial charge in [-0.25, -0.2) is 0 Å². The Bertz CT molecular complexity index is 1030. The molecule has 3 aromatic carbocycles. The van der Waals surface area contributed by atoms with Gasteiger partial charge in [-0.15, -0.1) is 6.58 Å². The van der Waals surface area contributed by atoms with Crippen LogP contribution in [-0.4, -0.2) is 0 Å². The molecule has 4 rings (SSSR count). The van der Waals surface area contributed by atoms with Crippen molar-refractivity contribution < 1.29 is 0 Å². The van der Waals surface area contributed by atoms with Crippen LogP contribution in [0.1, 0.15) is 41.2 Å². The lowest BCUT2D eigenvalue weighted by Gasteiger charge is -2.35. The predicted octanol–water partition coefficient (Wildman–Crippen LogP) is 7.35. The average molecular weight is 403 g/mol. The van der Waals surface area contributed by atoms with Crippen LogP contribution in [0.4, 0.5) is 0 Å². The molecule has 0 saturated carbocycles. The van der Waals surface area contributed by atoms with Gasteiger partial charge in [0.15, 0.2) is 0 Å². The molecule has 0 nitrogen and oxygen atoms in total. The van der Waals surface area contributed by atoms with E-state index in [1.165, 1.54) is 44.5 Å². The largest absolute Gasteiger partial charge is 0.100 e. The summed E-state index contributed by atoms with van der Waals surface area (Å²) < 4.78 is 1.13. The Morgan fingerprint density at radius 3 is 2.38 bits per heavy atom. The molecule has 1 heteroatoms. The Morgan fingerprint density at radius 1 is 0.885 bits per heavy atom. The molecule has 26 heavy (non-hydrogen) atoms. The van der Waals surface area contributed by atoms with E-state index in [2.05, 4.69) is 104 Å². The lowest BCUT2D eigenvalue weighted by Crippen LogP contribution is -2.28. The van der Waals surface area contributed by atoms with Gasteiger partial charge in [0.05, 0.1) is 5.41 Å². The van der Waals surface area contributed by atoms with Crippen molar-refractivity contribution in [1.82, 2.24) is 0 Å². The Hall–Kier alpha value is -2.12. The van der Waals surface area contributed by atoms with E-state index < -0.39 is 0 Å². The fraction of sp³-hybridized carbons (Fsp3) is 0.200. The fourth-order valence-electron chi connectivity index (χ4n) is 4.56. The molecule has 0 N–H and O–H groups in total. The monoisotopic (exact) mass is 402 g/mol. The molecule has 0 aliphatic heterocycles. The van der Waals surface area contributed by atoms with Gasteiger partial charge in [0.1, 0.15) is 0 Å². The number of rotatable bonds is 3. The maximum atomic E-state index is 4.30. The van der Waals surface area contributed by atoms with Crippen LogP contribution >= 0.6 is 15.9 Å². The molecule has 0 heterocycles. The van der Waals surface area contributed by atoms with Crippen molar-refractivity contribution in [2.75, 3.05) is 0 Å². The Morgan fingerprint density at radius 2 is 1.62 bits per heavy atom. The summed E-state index contributed by atoms with van der Waals surface area (Å²) in [6.45, 7) is 10.9. The molecule has 0 aromatic heterocycles. The van der Waals surface area contributed by atoms with E-state index in [9.17, 15) is 0 Å².